The summed E-state index contributed by atoms with van der Waals surface area (Å²) < 4.78 is 13.7. The van der Waals surface area contributed by atoms with Crippen LogP contribution in [0, 0.1) is 0 Å². The minimum Gasteiger partial charge on any atom is -0.497 e. The smallest absolute Gasteiger partial charge is 0.329 e. The predicted octanol–water partition coefficient (Wildman–Crippen LogP) is 0.626. The number of nitrogens with one attached hydrogen (secondary N) is 2. The highest BCUT2D eigenvalue weighted by Gasteiger charge is 2.20. The number of aromatic amines is 1. The molecule has 0 radical (unpaired) electrons. The molecule has 0 aliphatic heterocycles. The number of hydrogen-bond acceptors (Lipinski definition) is 8. The van der Waals surface area contributed by atoms with Gasteiger partial charge >= 0.3 is 5.69 Å². The highest BCUT2D eigenvalue weighted by molar-refractivity contribution is 5.74. The topological polar surface area (TPSA) is 127 Å². The Labute approximate surface area is 191 Å². The van der Waals surface area contributed by atoms with E-state index in [2.05, 4.69) is 34.0 Å². The van der Waals surface area contributed by atoms with Crippen molar-refractivity contribution >= 4 is 17.1 Å². The molecule has 2 heterocycles. The van der Waals surface area contributed by atoms with Gasteiger partial charge in [-0.1, -0.05) is 13.8 Å². The molecule has 2 aromatic heterocycles. The van der Waals surface area contributed by atoms with E-state index in [1.54, 1.807) is 43.0 Å². The number of H-pyrrole nitrogens is 1. The summed E-state index contributed by atoms with van der Waals surface area (Å²) in [6, 6.07) is 7.03. The highest BCUT2D eigenvalue weighted by atomic mass is 16.5. The number of imidazole rings is 1. The fraction of sp³-hybridized carbons (Fsp3) is 0.500. The van der Waals surface area contributed by atoms with E-state index < -0.39 is 17.4 Å². The first-order chi connectivity index (χ1) is 15.9. The maximum atomic E-state index is 12.6. The Morgan fingerprint density at radius 3 is 2.48 bits per heavy atom. The Balaban J connectivity index is 1.81. The summed E-state index contributed by atoms with van der Waals surface area (Å²) >= 11 is 0. The molecule has 0 aliphatic rings. The quantitative estimate of drug-likeness (QED) is 0.359. The molecule has 11 heteroatoms. The van der Waals surface area contributed by atoms with Crippen LogP contribution in [0.15, 0.2) is 33.9 Å². The number of benzene rings is 1. The summed E-state index contributed by atoms with van der Waals surface area (Å²) in [4.78, 5) is 33.7. The molecule has 3 rings (SSSR count). The molecule has 11 nitrogen and oxygen atoms in total. The molecule has 1 aromatic carbocycles. The molecule has 0 fully saturated rings. The molecular formula is C22H32N6O5. The second kappa shape index (κ2) is 11.0. The van der Waals surface area contributed by atoms with Crippen LogP contribution in [-0.2, 0) is 13.6 Å². The number of nitrogens with zero attached hydrogens (tertiary/aromatic N) is 4. The molecule has 3 N–H and O–H groups in total. The van der Waals surface area contributed by atoms with Gasteiger partial charge in [0.25, 0.3) is 5.56 Å². The van der Waals surface area contributed by atoms with Crippen molar-refractivity contribution in [2.24, 2.45) is 7.05 Å². The third kappa shape index (κ3) is 5.74. The lowest BCUT2D eigenvalue weighted by atomic mass is 10.3. The minimum atomic E-state index is -0.926. The lowest BCUT2D eigenvalue weighted by Gasteiger charge is -2.19. The van der Waals surface area contributed by atoms with Crippen molar-refractivity contribution in [3.63, 3.8) is 0 Å². The predicted molar refractivity (Wildman–Crippen MR) is 126 cm³/mol. The van der Waals surface area contributed by atoms with Crippen LogP contribution in [0.3, 0.4) is 0 Å². The van der Waals surface area contributed by atoms with Gasteiger partial charge < -0.3 is 29.4 Å². The monoisotopic (exact) mass is 460 g/mol. The van der Waals surface area contributed by atoms with Gasteiger partial charge in [0.1, 0.15) is 24.2 Å². The number of rotatable bonds is 12. The third-order valence-electron chi connectivity index (χ3n) is 5.51. The number of aromatic nitrogens is 4. The number of aliphatic hydroxyl groups excluding tert-OH is 1. The molecular weight excluding hydrogens is 428 g/mol. The van der Waals surface area contributed by atoms with Crippen molar-refractivity contribution in [1.29, 1.82) is 0 Å². The SMILES string of the molecule is CCN(CC)CCNc1nc2c(c(=O)[nH]c(=O)n2C)n1CC(O)COc1ccc(OC)cc1. The lowest BCUT2D eigenvalue weighted by molar-refractivity contribution is 0.0938. The summed E-state index contributed by atoms with van der Waals surface area (Å²) in [6.07, 6.45) is -0.926. The largest absolute Gasteiger partial charge is 0.497 e. The van der Waals surface area contributed by atoms with Gasteiger partial charge in [0, 0.05) is 20.1 Å². The zero-order valence-corrected chi connectivity index (χ0v) is 19.5. The number of fused-ring (bicyclic) bond motifs is 1. The molecule has 0 spiro atoms. The molecule has 0 bridgehead atoms. The first-order valence-electron chi connectivity index (χ1n) is 11.0. The first kappa shape index (κ1) is 24.3. The lowest BCUT2D eigenvalue weighted by Crippen LogP contribution is -2.31. The Hall–Kier alpha value is -3.31. The van der Waals surface area contributed by atoms with E-state index in [-0.39, 0.29) is 24.3 Å². The van der Waals surface area contributed by atoms with Crippen LogP contribution < -0.4 is 26.0 Å². The molecule has 1 atom stereocenters. The second-order valence-corrected chi connectivity index (χ2v) is 7.63. The number of likely N-dealkylation sites (N-methyl/N-ethyl adjacent to an activating group) is 1. The van der Waals surface area contributed by atoms with Gasteiger partial charge in [-0.05, 0) is 37.4 Å². The van der Waals surface area contributed by atoms with Gasteiger partial charge in [-0.3, -0.25) is 14.3 Å². The number of aliphatic hydroxyl groups is 1. The van der Waals surface area contributed by atoms with Crippen molar-refractivity contribution in [2.45, 2.75) is 26.5 Å². The number of hydrogen-bond donors (Lipinski definition) is 3. The van der Waals surface area contributed by atoms with E-state index in [4.69, 9.17) is 9.47 Å². The van der Waals surface area contributed by atoms with Gasteiger partial charge in [0.2, 0.25) is 5.95 Å². The molecule has 0 saturated carbocycles. The van der Waals surface area contributed by atoms with E-state index in [1.807, 2.05) is 0 Å². The van der Waals surface area contributed by atoms with Crippen molar-refractivity contribution in [3.8, 4) is 11.5 Å². The van der Waals surface area contributed by atoms with E-state index >= 15 is 0 Å². The van der Waals surface area contributed by atoms with Gasteiger partial charge in [-0.25, -0.2) is 4.79 Å². The van der Waals surface area contributed by atoms with Crippen molar-refractivity contribution in [2.75, 3.05) is 45.2 Å². The van der Waals surface area contributed by atoms with Crippen LogP contribution in [0.5, 0.6) is 11.5 Å². The summed E-state index contributed by atoms with van der Waals surface area (Å²) in [5.41, 5.74) is -0.640. The molecule has 0 amide bonds. The Kier molecular flexibility index (Phi) is 8.12. The van der Waals surface area contributed by atoms with Crippen LogP contribution in [0.1, 0.15) is 13.8 Å². The van der Waals surface area contributed by atoms with Crippen LogP contribution in [-0.4, -0.2) is 75.1 Å². The van der Waals surface area contributed by atoms with Crippen LogP contribution in [0.4, 0.5) is 5.95 Å². The summed E-state index contributed by atoms with van der Waals surface area (Å²) in [5, 5.41) is 13.9. The molecule has 3 aromatic rings. The van der Waals surface area contributed by atoms with E-state index in [1.165, 1.54) is 4.57 Å². The Bertz CT molecular complexity index is 1160. The second-order valence-electron chi connectivity index (χ2n) is 7.63. The van der Waals surface area contributed by atoms with Gasteiger partial charge in [-0.2, -0.15) is 4.98 Å². The molecule has 33 heavy (non-hydrogen) atoms. The van der Waals surface area contributed by atoms with Crippen LogP contribution in [0.2, 0.25) is 0 Å². The molecule has 1 unspecified atom stereocenters. The number of anilines is 1. The third-order valence-corrected chi connectivity index (χ3v) is 5.51. The highest BCUT2D eigenvalue weighted by Crippen LogP contribution is 2.19. The Morgan fingerprint density at radius 1 is 1.18 bits per heavy atom. The summed E-state index contributed by atoms with van der Waals surface area (Å²) in [7, 11) is 3.13. The normalized spacial score (nSPS) is 12.3. The number of ether oxygens (including phenoxy) is 2. The zero-order chi connectivity index (χ0) is 24.0. The average molecular weight is 461 g/mol. The standard InChI is InChI=1S/C22H32N6O5/c1-5-27(6-2)12-11-23-21-24-19-18(20(30)25-22(31)26(19)3)28(21)13-15(29)14-33-17-9-7-16(32-4)8-10-17/h7-10,15,29H,5-6,11-14H2,1-4H3,(H,23,24)(H,25,30,31). The van der Waals surface area contributed by atoms with E-state index in [9.17, 15) is 14.7 Å². The van der Waals surface area contributed by atoms with Crippen molar-refractivity contribution < 1.29 is 14.6 Å². The summed E-state index contributed by atoms with van der Waals surface area (Å²) in [5.74, 6) is 1.70. The maximum Gasteiger partial charge on any atom is 0.329 e. The van der Waals surface area contributed by atoms with Gasteiger partial charge in [0.05, 0.1) is 13.7 Å². The van der Waals surface area contributed by atoms with Gasteiger partial charge in [0.15, 0.2) is 11.2 Å². The molecule has 180 valence electrons. The molecule has 0 saturated heterocycles. The minimum absolute atomic E-state index is 0.00849. The first-order valence-corrected chi connectivity index (χ1v) is 11.0. The zero-order valence-electron chi connectivity index (χ0n) is 19.5. The Morgan fingerprint density at radius 2 is 1.85 bits per heavy atom. The van der Waals surface area contributed by atoms with E-state index in [0.29, 0.717) is 24.0 Å². The maximum absolute atomic E-state index is 12.6. The average Bonchev–Trinajstić information content (AvgIpc) is 3.18. The van der Waals surface area contributed by atoms with Crippen molar-refractivity contribution in [1.82, 2.24) is 24.0 Å². The van der Waals surface area contributed by atoms with Crippen molar-refractivity contribution in [3.05, 3.63) is 45.1 Å². The van der Waals surface area contributed by atoms with Gasteiger partial charge in [-0.15, -0.1) is 0 Å². The van der Waals surface area contributed by atoms with Crippen LogP contribution in [0.25, 0.3) is 11.2 Å². The van der Waals surface area contributed by atoms with E-state index in [0.717, 1.165) is 19.6 Å². The fourth-order valence-corrected chi connectivity index (χ4v) is 3.54. The van der Waals surface area contributed by atoms with Crippen LogP contribution >= 0.6 is 0 Å². The molecule has 0 aliphatic carbocycles. The summed E-state index contributed by atoms with van der Waals surface area (Å²) in [6.45, 7) is 7.47. The number of aryl methyl sites for hydroxylation is 1. The fourth-order valence-electron chi connectivity index (χ4n) is 3.54. The number of methoxy groups -OCH3 is 1.